The van der Waals surface area contributed by atoms with Crippen LogP contribution in [-0.4, -0.2) is 11.1 Å². The van der Waals surface area contributed by atoms with Gasteiger partial charge in [0, 0.05) is 3.57 Å². The highest BCUT2D eigenvalue weighted by Gasteiger charge is 2.31. The molecule has 1 aromatic rings. The Labute approximate surface area is 90.9 Å². The van der Waals surface area contributed by atoms with Crippen molar-refractivity contribution in [3.63, 3.8) is 0 Å². The van der Waals surface area contributed by atoms with Crippen LogP contribution in [0.5, 0.6) is 0 Å². The highest BCUT2D eigenvalue weighted by atomic mass is 127. The largest absolute Gasteiger partial charge is 0.478 e. The molecule has 0 saturated carbocycles. The molecule has 76 valence electrons. The van der Waals surface area contributed by atoms with Crippen LogP contribution in [0.4, 0.5) is 13.2 Å². The average molecular weight is 316 g/mol. The second kappa shape index (κ2) is 3.76. The second-order valence-electron chi connectivity index (χ2n) is 2.53. The van der Waals surface area contributed by atoms with Crippen LogP contribution in [0.3, 0.4) is 0 Å². The lowest BCUT2D eigenvalue weighted by atomic mass is 10.1. The van der Waals surface area contributed by atoms with Crippen molar-refractivity contribution in [3.05, 3.63) is 32.9 Å². The van der Waals surface area contributed by atoms with E-state index in [0.717, 1.165) is 6.07 Å². The van der Waals surface area contributed by atoms with E-state index in [2.05, 4.69) is 0 Å². The molecule has 0 aliphatic carbocycles. The van der Waals surface area contributed by atoms with Gasteiger partial charge >= 0.3 is 12.1 Å². The first-order valence-electron chi connectivity index (χ1n) is 3.42. The van der Waals surface area contributed by atoms with E-state index < -0.39 is 17.7 Å². The first-order valence-corrected chi connectivity index (χ1v) is 4.49. The molecular weight excluding hydrogens is 312 g/mol. The van der Waals surface area contributed by atoms with Crippen molar-refractivity contribution in [2.24, 2.45) is 0 Å². The standard InChI is InChI=1S/C8H4F3IO2/c9-8(10,11)5-1-4(7(13)14)2-6(12)3-5/h1-3H,(H,13,14). The maximum atomic E-state index is 12.2. The summed E-state index contributed by atoms with van der Waals surface area (Å²) in [6.07, 6.45) is -4.51. The summed E-state index contributed by atoms with van der Waals surface area (Å²) >= 11 is 1.64. The fourth-order valence-corrected chi connectivity index (χ4v) is 1.55. The molecule has 0 fully saturated rings. The zero-order chi connectivity index (χ0) is 10.9. The number of benzene rings is 1. The van der Waals surface area contributed by atoms with Gasteiger partial charge in [-0.3, -0.25) is 0 Å². The molecule has 0 spiro atoms. The molecule has 0 unspecified atom stereocenters. The van der Waals surface area contributed by atoms with E-state index in [-0.39, 0.29) is 9.13 Å². The van der Waals surface area contributed by atoms with E-state index in [9.17, 15) is 18.0 Å². The molecule has 1 aromatic carbocycles. The van der Waals surface area contributed by atoms with Gasteiger partial charge < -0.3 is 5.11 Å². The molecule has 6 heteroatoms. The van der Waals surface area contributed by atoms with E-state index in [4.69, 9.17) is 5.11 Å². The van der Waals surface area contributed by atoms with E-state index in [1.165, 1.54) is 6.07 Å². The second-order valence-corrected chi connectivity index (χ2v) is 3.78. The minimum Gasteiger partial charge on any atom is -0.478 e. The van der Waals surface area contributed by atoms with Crippen LogP contribution < -0.4 is 0 Å². The van der Waals surface area contributed by atoms with Crippen molar-refractivity contribution in [2.75, 3.05) is 0 Å². The van der Waals surface area contributed by atoms with Crippen LogP contribution in [0, 0.1) is 3.57 Å². The first-order chi connectivity index (χ1) is 6.30. The minimum absolute atomic E-state index is 0.245. The summed E-state index contributed by atoms with van der Waals surface area (Å²) < 4.78 is 36.9. The highest BCUT2D eigenvalue weighted by molar-refractivity contribution is 14.1. The summed E-state index contributed by atoms with van der Waals surface area (Å²) in [6.45, 7) is 0. The Morgan fingerprint density at radius 2 is 1.86 bits per heavy atom. The van der Waals surface area contributed by atoms with Crippen LogP contribution in [0.2, 0.25) is 0 Å². The quantitative estimate of drug-likeness (QED) is 0.809. The Hall–Kier alpha value is -0.790. The Morgan fingerprint density at radius 3 is 2.29 bits per heavy atom. The number of hydrogen-bond acceptors (Lipinski definition) is 1. The summed E-state index contributed by atoms with van der Waals surface area (Å²) in [7, 11) is 0. The third-order valence-corrected chi connectivity index (χ3v) is 2.09. The van der Waals surface area contributed by atoms with Gasteiger partial charge in [-0.2, -0.15) is 13.2 Å². The van der Waals surface area contributed by atoms with Crippen molar-refractivity contribution in [3.8, 4) is 0 Å². The Morgan fingerprint density at radius 1 is 1.29 bits per heavy atom. The first kappa shape index (κ1) is 11.3. The molecule has 1 N–H and O–H groups in total. The molecule has 0 amide bonds. The van der Waals surface area contributed by atoms with Crippen molar-refractivity contribution in [1.29, 1.82) is 0 Å². The number of rotatable bonds is 1. The monoisotopic (exact) mass is 316 g/mol. The molecule has 0 saturated heterocycles. The Bertz CT molecular complexity index is 373. The lowest BCUT2D eigenvalue weighted by molar-refractivity contribution is -0.137. The van der Waals surface area contributed by atoms with Gasteiger partial charge in [0.2, 0.25) is 0 Å². The third-order valence-electron chi connectivity index (χ3n) is 1.47. The van der Waals surface area contributed by atoms with Gasteiger partial charge in [-0.05, 0) is 40.8 Å². The topological polar surface area (TPSA) is 37.3 Å². The number of hydrogen-bond donors (Lipinski definition) is 1. The number of halogens is 4. The van der Waals surface area contributed by atoms with Crippen LogP contribution in [0.25, 0.3) is 0 Å². The summed E-state index contributed by atoms with van der Waals surface area (Å²) in [5, 5.41) is 8.53. The van der Waals surface area contributed by atoms with E-state index in [1.54, 1.807) is 22.6 Å². The zero-order valence-corrected chi connectivity index (χ0v) is 8.76. The van der Waals surface area contributed by atoms with Crippen molar-refractivity contribution in [2.45, 2.75) is 6.18 Å². The fraction of sp³-hybridized carbons (Fsp3) is 0.125. The summed E-state index contributed by atoms with van der Waals surface area (Å²) in [6, 6.07) is 2.69. The fourth-order valence-electron chi connectivity index (χ4n) is 0.877. The summed E-state index contributed by atoms with van der Waals surface area (Å²) in [5.74, 6) is -1.37. The lowest BCUT2D eigenvalue weighted by Crippen LogP contribution is -2.08. The van der Waals surface area contributed by atoms with E-state index in [0.29, 0.717) is 6.07 Å². The van der Waals surface area contributed by atoms with Gasteiger partial charge in [0.05, 0.1) is 11.1 Å². The van der Waals surface area contributed by atoms with Gasteiger partial charge in [0.25, 0.3) is 0 Å². The molecular formula is C8H4F3IO2. The molecule has 2 nitrogen and oxygen atoms in total. The Kier molecular flexibility index (Phi) is 3.03. The number of aromatic carboxylic acids is 1. The normalized spacial score (nSPS) is 11.4. The third kappa shape index (κ3) is 2.60. The minimum atomic E-state index is -4.51. The van der Waals surface area contributed by atoms with Gasteiger partial charge in [-0.25, -0.2) is 4.79 Å². The van der Waals surface area contributed by atoms with Crippen LogP contribution in [0.1, 0.15) is 15.9 Å². The number of alkyl halides is 3. The molecule has 0 aliphatic rings. The van der Waals surface area contributed by atoms with Crippen LogP contribution in [-0.2, 0) is 6.18 Å². The maximum Gasteiger partial charge on any atom is 0.416 e. The summed E-state index contributed by atoms with van der Waals surface area (Å²) in [5.41, 5.74) is -1.30. The molecule has 0 radical (unpaired) electrons. The molecule has 1 rings (SSSR count). The van der Waals surface area contributed by atoms with Crippen molar-refractivity contribution < 1.29 is 23.1 Å². The molecule has 0 bridgehead atoms. The number of carboxylic acids is 1. The van der Waals surface area contributed by atoms with Crippen molar-refractivity contribution in [1.82, 2.24) is 0 Å². The average Bonchev–Trinajstić information content (AvgIpc) is 2.01. The number of carbonyl (C=O) groups is 1. The van der Waals surface area contributed by atoms with Crippen LogP contribution >= 0.6 is 22.6 Å². The summed E-state index contributed by atoms with van der Waals surface area (Å²) in [4.78, 5) is 10.5. The highest BCUT2D eigenvalue weighted by Crippen LogP contribution is 2.30. The molecule has 0 heterocycles. The van der Waals surface area contributed by atoms with Gasteiger partial charge in [0.15, 0.2) is 0 Å². The molecule has 0 aliphatic heterocycles. The van der Waals surface area contributed by atoms with Gasteiger partial charge in [0.1, 0.15) is 0 Å². The Balaban J connectivity index is 3.28. The molecule has 0 aromatic heterocycles. The maximum absolute atomic E-state index is 12.2. The lowest BCUT2D eigenvalue weighted by Gasteiger charge is -2.07. The van der Waals surface area contributed by atoms with Gasteiger partial charge in [-0.1, -0.05) is 0 Å². The van der Waals surface area contributed by atoms with Gasteiger partial charge in [-0.15, -0.1) is 0 Å². The predicted octanol–water partition coefficient (Wildman–Crippen LogP) is 3.01. The SMILES string of the molecule is O=C(O)c1cc(I)cc(C(F)(F)F)c1. The number of carboxylic acid groups (broad SMARTS) is 1. The van der Waals surface area contributed by atoms with E-state index >= 15 is 0 Å². The van der Waals surface area contributed by atoms with E-state index in [1.807, 2.05) is 0 Å². The molecule has 0 atom stereocenters. The van der Waals surface area contributed by atoms with Crippen molar-refractivity contribution >= 4 is 28.6 Å². The predicted molar refractivity (Wildman–Crippen MR) is 51.1 cm³/mol. The zero-order valence-electron chi connectivity index (χ0n) is 6.60. The smallest absolute Gasteiger partial charge is 0.416 e. The molecule has 14 heavy (non-hydrogen) atoms. The van der Waals surface area contributed by atoms with Crippen LogP contribution in [0.15, 0.2) is 18.2 Å².